The third kappa shape index (κ3) is 2.60. The molecule has 0 saturated heterocycles. The van der Waals surface area contributed by atoms with Crippen molar-refractivity contribution in [3.05, 3.63) is 12.2 Å². The van der Waals surface area contributed by atoms with Gasteiger partial charge in [-0.3, -0.25) is 0 Å². The Kier molecular flexibility index (Phi) is 2.63. The summed E-state index contributed by atoms with van der Waals surface area (Å²) in [4.78, 5) is 0. The molecule has 1 saturated carbocycles. The molecule has 0 heterocycles. The summed E-state index contributed by atoms with van der Waals surface area (Å²) < 4.78 is 23.4. The van der Waals surface area contributed by atoms with Crippen molar-refractivity contribution in [2.45, 2.75) is 39.0 Å². The van der Waals surface area contributed by atoms with Crippen molar-refractivity contribution in [1.29, 1.82) is 0 Å². The lowest BCUT2D eigenvalue weighted by atomic mass is 9.85. The lowest BCUT2D eigenvalue weighted by Crippen LogP contribution is -2.08. The predicted molar refractivity (Wildman–Crippen MR) is 41.5 cm³/mol. The van der Waals surface area contributed by atoms with Gasteiger partial charge in [0.25, 0.3) is 6.08 Å². The minimum atomic E-state index is -1.53. The third-order valence-electron chi connectivity index (χ3n) is 2.56. The van der Waals surface area contributed by atoms with E-state index >= 15 is 0 Å². The van der Waals surface area contributed by atoms with Gasteiger partial charge in [-0.25, -0.2) is 0 Å². The van der Waals surface area contributed by atoms with E-state index in [9.17, 15) is 8.78 Å². The Morgan fingerprint density at radius 1 is 1.36 bits per heavy atom. The van der Waals surface area contributed by atoms with Crippen LogP contribution in [-0.4, -0.2) is 0 Å². The molecule has 2 heteroatoms. The van der Waals surface area contributed by atoms with Crippen LogP contribution in [-0.2, 0) is 0 Å². The standard InChI is InChI=1S/C9H14F2/c1-9(5-2-3-6-9)7-4-8(10)11/h4H,2-3,5-7H2,1H3. The van der Waals surface area contributed by atoms with Crippen LogP contribution in [0.2, 0.25) is 0 Å². The Morgan fingerprint density at radius 3 is 2.36 bits per heavy atom. The first-order valence-electron chi connectivity index (χ1n) is 4.14. The number of rotatable bonds is 2. The second kappa shape index (κ2) is 3.33. The molecule has 11 heavy (non-hydrogen) atoms. The van der Waals surface area contributed by atoms with Gasteiger partial charge in [-0.1, -0.05) is 19.8 Å². The van der Waals surface area contributed by atoms with Crippen LogP contribution in [0.4, 0.5) is 8.78 Å². The van der Waals surface area contributed by atoms with E-state index in [0.29, 0.717) is 6.42 Å². The minimum Gasteiger partial charge on any atom is -0.174 e. The van der Waals surface area contributed by atoms with Gasteiger partial charge in [0.05, 0.1) is 0 Å². The average Bonchev–Trinajstić information content (AvgIpc) is 2.33. The zero-order valence-corrected chi connectivity index (χ0v) is 6.87. The maximum atomic E-state index is 11.7. The topological polar surface area (TPSA) is 0 Å². The minimum absolute atomic E-state index is 0.170. The fourth-order valence-electron chi connectivity index (χ4n) is 1.76. The van der Waals surface area contributed by atoms with Crippen molar-refractivity contribution in [2.24, 2.45) is 5.41 Å². The zero-order valence-electron chi connectivity index (χ0n) is 6.87. The third-order valence-corrected chi connectivity index (χ3v) is 2.56. The van der Waals surface area contributed by atoms with Crippen LogP contribution in [0.1, 0.15) is 39.0 Å². The molecule has 1 aliphatic rings. The lowest BCUT2D eigenvalue weighted by Gasteiger charge is -2.20. The van der Waals surface area contributed by atoms with E-state index in [1.165, 1.54) is 12.8 Å². The van der Waals surface area contributed by atoms with Crippen molar-refractivity contribution in [3.63, 3.8) is 0 Å². The maximum Gasteiger partial charge on any atom is 0.266 e. The summed E-state index contributed by atoms with van der Waals surface area (Å²) in [5.74, 6) is 0. The van der Waals surface area contributed by atoms with Crippen LogP contribution in [0.15, 0.2) is 12.2 Å². The molecular formula is C9H14F2. The second-order valence-corrected chi connectivity index (χ2v) is 3.72. The molecule has 0 amide bonds. The van der Waals surface area contributed by atoms with E-state index in [1.807, 2.05) is 0 Å². The summed E-state index contributed by atoms with van der Waals surface area (Å²) in [7, 11) is 0. The van der Waals surface area contributed by atoms with Crippen molar-refractivity contribution >= 4 is 0 Å². The van der Waals surface area contributed by atoms with E-state index in [1.54, 1.807) is 0 Å². The van der Waals surface area contributed by atoms with E-state index in [0.717, 1.165) is 18.9 Å². The zero-order chi connectivity index (χ0) is 8.32. The molecule has 1 rings (SSSR count). The molecular weight excluding hydrogens is 146 g/mol. The summed E-state index contributed by atoms with van der Waals surface area (Å²) in [5, 5.41) is 0. The van der Waals surface area contributed by atoms with Gasteiger partial charge in [-0.2, -0.15) is 8.78 Å². The summed E-state index contributed by atoms with van der Waals surface area (Å²) in [6, 6.07) is 0. The molecule has 1 fully saturated rings. The molecule has 0 aliphatic heterocycles. The molecule has 0 nitrogen and oxygen atoms in total. The highest BCUT2D eigenvalue weighted by Crippen LogP contribution is 2.40. The highest BCUT2D eigenvalue weighted by Gasteiger charge is 2.27. The summed E-state index contributed by atoms with van der Waals surface area (Å²) in [6.07, 6.45) is 4.71. The monoisotopic (exact) mass is 160 g/mol. The Bertz CT molecular complexity index is 151. The van der Waals surface area contributed by atoms with Crippen molar-refractivity contribution in [3.8, 4) is 0 Å². The average molecular weight is 160 g/mol. The number of allylic oxidation sites excluding steroid dienone is 1. The van der Waals surface area contributed by atoms with Crippen molar-refractivity contribution < 1.29 is 8.78 Å². The molecule has 0 aromatic heterocycles. The van der Waals surface area contributed by atoms with Crippen molar-refractivity contribution in [2.75, 3.05) is 0 Å². The molecule has 0 atom stereocenters. The summed E-state index contributed by atoms with van der Waals surface area (Å²) in [6.45, 7) is 2.10. The van der Waals surface area contributed by atoms with Crippen LogP contribution in [0.25, 0.3) is 0 Å². The first-order valence-corrected chi connectivity index (χ1v) is 4.14. The highest BCUT2D eigenvalue weighted by molar-refractivity contribution is 4.91. The van der Waals surface area contributed by atoms with Gasteiger partial charge < -0.3 is 0 Å². The fraction of sp³-hybridized carbons (Fsp3) is 0.778. The smallest absolute Gasteiger partial charge is 0.174 e. The van der Waals surface area contributed by atoms with Gasteiger partial charge in [0, 0.05) is 0 Å². The Labute approximate surface area is 66.3 Å². The van der Waals surface area contributed by atoms with E-state index in [-0.39, 0.29) is 5.41 Å². The van der Waals surface area contributed by atoms with Crippen LogP contribution >= 0.6 is 0 Å². The number of halogens is 2. The van der Waals surface area contributed by atoms with Crippen LogP contribution < -0.4 is 0 Å². The first kappa shape index (κ1) is 8.69. The molecule has 0 radical (unpaired) electrons. The highest BCUT2D eigenvalue weighted by atomic mass is 19.3. The molecule has 0 aromatic carbocycles. The largest absolute Gasteiger partial charge is 0.266 e. The van der Waals surface area contributed by atoms with Gasteiger partial charge >= 0.3 is 0 Å². The lowest BCUT2D eigenvalue weighted by molar-refractivity contribution is 0.329. The van der Waals surface area contributed by atoms with Gasteiger partial charge in [-0.15, -0.1) is 0 Å². The molecule has 0 spiro atoms. The number of hydrogen-bond acceptors (Lipinski definition) is 0. The van der Waals surface area contributed by atoms with E-state index < -0.39 is 6.08 Å². The molecule has 64 valence electrons. The maximum absolute atomic E-state index is 11.7. The molecule has 1 aliphatic carbocycles. The Balaban J connectivity index is 2.40. The van der Waals surface area contributed by atoms with Crippen LogP contribution in [0.3, 0.4) is 0 Å². The first-order chi connectivity index (χ1) is 5.12. The SMILES string of the molecule is CC1(CC=C(F)F)CCCC1. The van der Waals surface area contributed by atoms with Gasteiger partial charge in [0.15, 0.2) is 0 Å². The molecule has 0 bridgehead atoms. The second-order valence-electron chi connectivity index (χ2n) is 3.72. The van der Waals surface area contributed by atoms with Gasteiger partial charge in [-0.05, 0) is 30.8 Å². The molecule has 0 aromatic rings. The summed E-state index contributed by atoms with van der Waals surface area (Å²) in [5.41, 5.74) is 0.170. The van der Waals surface area contributed by atoms with Gasteiger partial charge in [0.1, 0.15) is 0 Å². The van der Waals surface area contributed by atoms with Crippen LogP contribution in [0, 0.1) is 5.41 Å². The number of hydrogen-bond donors (Lipinski definition) is 0. The Morgan fingerprint density at radius 2 is 1.91 bits per heavy atom. The molecule has 0 N–H and O–H groups in total. The summed E-state index contributed by atoms with van der Waals surface area (Å²) >= 11 is 0. The van der Waals surface area contributed by atoms with Crippen LogP contribution in [0.5, 0.6) is 0 Å². The normalized spacial score (nSPS) is 21.7. The quantitative estimate of drug-likeness (QED) is 0.577. The van der Waals surface area contributed by atoms with Crippen molar-refractivity contribution in [1.82, 2.24) is 0 Å². The fourth-order valence-corrected chi connectivity index (χ4v) is 1.76. The van der Waals surface area contributed by atoms with E-state index in [4.69, 9.17) is 0 Å². The Hall–Kier alpha value is -0.400. The predicted octanol–water partition coefficient (Wildman–Crippen LogP) is 3.74. The van der Waals surface area contributed by atoms with Gasteiger partial charge in [0.2, 0.25) is 0 Å². The molecule has 0 unspecified atom stereocenters. The van der Waals surface area contributed by atoms with E-state index in [2.05, 4.69) is 6.92 Å².